The van der Waals surface area contributed by atoms with Gasteiger partial charge in [-0.25, -0.2) is 0 Å². The van der Waals surface area contributed by atoms with Gasteiger partial charge in [-0.3, -0.25) is 4.79 Å². The molecule has 116 valence electrons. The van der Waals surface area contributed by atoms with E-state index in [1.807, 2.05) is 13.8 Å². The largest absolute Gasteiger partial charge is 0.368 e. The van der Waals surface area contributed by atoms with Gasteiger partial charge in [0.05, 0.1) is 0 Å². The molecule has 1 aromatic heterocycles. The molecule has 1 atom stereocenters. The van der Waals surface area contributed by atoms with Crippen LogP contribution in [-0.2, 0) is 4.79 Å². The molecule has 2 heterocycles. The molecule has 1 aromatic rings. The van der Waals surface area contributed by atoms with Crippen LogP contribution in [0.25, 0.3) is 0 Å². The van der Waals surface area contributed by atoms with Crippen LogP contribution in [0, 0.1) is 5.92 Å². The summed E-state index contributed by atoms with van der Waals surface area (Å²) >= 11 is 5.97. The maximum absolute atomic E-state index is 11.5. The van der Waals surface area contributed by atoms with Gasteiger partial charge in [0.1, 0.15) is 6.04 Å². The normalized spacial score (nSPS) is 16.9. The van der Waals surface area contributed by atoms with E-state index in [1.165, 1.54) is 6.42 Å². The van der Waals surface area contributed by atoms with Gasteiger partial charge in [-0.05, 0) is 36.8 Å². The van der Waals surface area contributed by atoms with Crippen molar-refractivity contribution in [1.29, 1.82) is 0 Å². The average Bonchev–Trinajstić information content (AvgIpc) is 2.44. The summed E-state index contributed by atoms with van der Waals surface area (Å²) in [4.78, 5) is 26.1. The maximum Gasteiger partial charge on any atom is 0.240 e. The van der Waals surface area contributed by atoms with E-state index in [2.05, 4.69) is 25.2 Å². The highest BCUT2D eigenvalue weighted by Crippen LogP contribution is 2.19. The Balaban J connectivity index is 2.19. The van der Waals surface area contributed by atoms with E-state index in [4.69, 9.17) is 17.3 Å². The highest BCUT2D eigenvalue weighted by atomic mass is 35.5. The number of anilines is 2. The van der Waals surface area contributed by atoms with E-state index in [-0.39, 0.29) is 17.1 Å². The lowest BCUT2D eigenvalue weighted by Crippen LogP contribution is -2.40. The van der Waals surface area contributed by atoms with E-state index in [9.17, 15) is 4.79 Å². The van der Waals surface area contributed by atoms with Crippen LogP contribution in [-0.4, -0.2) is 40.0 Å². The molecule has 3 N–H and O–H groups in total. The minimum absolute atomic E-state index is 0.0245. The molecule has 1 saturated heterocycles. The first-order valence-corrected chi connectivity index (χ1v) is 7.57. The van der Waals surface area contributed by atoms with Gasteiger partial charge in [-0.2, -0.15) is 15.0 Å². The van der Waals surface area contributed by atoms with Gasteiger partial charge in [0.25, 0.3) is 0 Å². The van der Waals surface area contributed by atoms with Crippen molar-refractivity contribution in [3.05, 3.63) is 5.28 Å². The second kappa shape index (κ2) is 6.89. The van der Waals surface area contributed by atoms with Crippen molar-refractivity contribution >= 4 is 29.4 Å². The molecule has 1 amide bonds. The fourth-order valence-corrected chi connectivity index (χ4v) is 2.50. The zero-order chi connectivity index (χ0) is 15.4. The van der Waals surface area contributed by atoms with E-state index in [0.717, 1.165) is 25.9 Å². The molecule has 2 rings (SSSR count). The zero-order valence-electron chi connectivity index (χ0n) is 12.3. The lowest BCUT2D eigenvalue weighted by molar-refractivity contribution is -0.119. The lowest BCUT2D eigenvalue weighted by atomic mass is 10.0. The molecule has 0 aromatic carbocycles. The van der Waals surface area contributed by atoms with E-state index < -0.39 is 11.9 Å². The third-order valence-corrected chi connectivity index (χ3v) is 3.66. The highest BCUT2D eigenvalue weighted by molar-refractivity contribution is 6.28. The van der Waals surface area contributed by atoms with Crippen LogP contribution in [0.3, 0.4) is 0 Å². The summed E-state index contributed by atoms with van der Waals surface area (Å²) < 4.78 is 0. The van der Waals surface area contributed by atoms with Crippen LogP contribution in [0.15, 0.2) is 0 Å². The molecular formula is C13H21ClN6O. The molecule has 1 aliphatic heterocycles. The van der Waals surface area contributed by atoms with Crippen LogP contribution < -0.4 is 16.0 Å². The molecule has 1 aliphatic rings. The summed E-state index contributed by atoms with van der Waals surface area (Å²) in [5, 5.41) is 3.06. The molecule has 0 saturated carbocycles. The van der Waals surface area contributed by atoms with E-state index >= 15 is 0 Å². The van der Waals surface area contributed by atoms with Crippen LogP contribution >= 0.6 is 11.6 Å². The number of rotatable bonds is 5. The summed E-state index contributed by atoms with van der Waals surface area (Å²) in [5.41, 5.74) is 5.39. The van der Waals surface area contributed by atoms with Crippen LogP contribution in [0.2, 0.25) is 5.28 Å². The highest BCUT2D eigenvalue weighted by Gasteiger charge is 2.22. The van der Waals surface area contributed by atoms with Crippen molar-refractivity contribution in [2.24, 2.45) is 11.7 Å². The maximum atomic E-state index is 11.5. The first kappa shape index (κ1) is 15.8. The molecule has 1 fully saturated rings. The number of nitrogens with one attached hydrogen (secondary N) is 1. The van der Waals surface area contributed by atoms with Crippen LogP contribution in [0.4, 0.5) is 11.9 Å². The van der Waals surface area contributed by atoms with Gasteiger partial charge >= 0.3 is 0 Å². The Morgan fingerprint density at radius 1 is 1.24 bits per heavy atom. The fourth-order valence-electron chi connectivity index (χ4n) is 2.34. The smallest absolute Gasteiger partial charge is 0.240 e. The van der Waals surface area contributed by atoms with Crippen molar-refractivity contribution in [2.45, 2.75) is 39.2 Å². The predicted octanol–water partition coefficient (Wildman–Crippen LogP) is 1.44. The zero-order valence-corrected chi connectivity index (χ0v) is 13.1. The SMILES string of the molecule is CC(C)C(Nc1nc(Cl)nc(N2CCCCC2)n1)C(N)=O. The summed E-state index contributed by atoms with van der Waals surface area (Å²) in [6.07, 6.45) is 3.45. The van der Waals surface area contributed by atoms with Crippen molar-refractivity contribution in [3.8, 4) is 0 Å². The number of nitrogens with zero attached hydrogens (tertiary/aromatic N) is 4. The van der Waals surface area contributed by atoms with Gasteiger partial charge in [-0.15, -0.1) is 0 Å². The van der Waals surface area contributed by atoms with Crippen molar-refractivity contribution < 1.29 is 4.79 Å². The number of halogens is 1. The monoisotopic (exact) mass is 312 g/mol. The number of hydrogen-bond donors (Lipinski definition) is 2. The molecule has 0 radical (unpaired) electrons. The van der Waals surface area contributed by atoms with Gasteiger partial charge in [0.15, 0.2) is 0 Å². The molecule has 1 unspecified atom stereocenters. The summed E-state index contributed by atoms with van der Waals surface area (Å²) in [5.74, 6) is 0.412. The molecule has 8 heteroatoms. The Bertz CT molecular complexity index is 503. The molecule has 21 heavy (non-hydrogen) atoms. The Labute approximate surface area is 129 Å². The number of hydrogen-bond acceptors (Lipinski definition) is 6. The quantitative estimate of drug-likeness (QED) is 0.854. The van der Waals surface area contributed by atoms with Gasteiger partial charge in [0.2, 0.25) is 23.1 Å². The van der Waals surface area contributed by atoms with Crippen molar-refractivity contribution in [2.75, 3.05) is 23.3 Å². The lowest BCUT2D eigenvalue weighted by Gasteiger charge is -2.27. The minimum Gasteiger partial charge on any atom is -0.368 e. The summed E-state index contributed by atoms with van der Waals surface area (Å²) in [6, 6.07) is -0.544. The second-order valence-corrected chi connectivity index (χ2v) is 5.88. The first-order valence-electron chi connectivity index (χ1n) is 7.19. The van der Waals surface area contributed by atoms with Gasteiger partial charge < -0.3 is 16.0 Å². The third kappa shape index (κ3) is 4.17. The Kier molecular flexibility index (Phi) is 5.17. The topological polar surface area (TPSA) is 97.0 Å². The molecule has 0 spiro atoms. The van der Waals surface area contributed by atoms with Crippen molar-refractivity contribution in [1.82, 2.24) is 15.0 Å². The van der Waals surface area contributed by atoms with Gasteiger partial charge in [-0.1, -0.05) is 13.8 Å². The Morgan fingerprint density at radius 3 is 2.48 bits per heavy atom. The Hall–Kier alpha value is -1.63. The first-order chi connectivity index (χ1) is 9.97. The second-order valence-electron chi connectivity index (χ2n) is 5.54. The molecule has 7 nitrogen and oxygen atoms in total. The molecule has 0 aliphatic carbocycles. The number of amides is 1. The third-order valence-electron chi connectivity index (χ3n) is 3.49. The molecular weight excluding hydrogens is 292 g/mol. The Morgan fingerprint density at radius 2 is 1.90 bits per heavy atom. The summed E-state index contributed by atoms with van der Waals surface area (Å²) in [6.45, 7) is 5.61. The predicted molar refractivity (Wildman–Crippen MR) is 82.3 cm³/mol. The number of primary amides is 1. The number of aromatic nitrogens is 3. The van der Waals surface area contributed by atoms with E-state index in [0.29, 0.717) is 5.95 Å². The number of carbonyl (C=O) groups excluding carboxylic acids is 1. The minimum atomic E-state index is -0.544. The van der Waals surface area contributed by atoms with Crippen LogP contribution in [0.5, 0.6) is 0 Å². The van der Waals surface area contributed by atoms with Gasteiger partial charge in [0, 0.05) is 13.1 Å². The number of piperidine rings is 1. The standard InChI is InChI=1S/C13H21ClN6O/c1-8(2)9(10(15)21)16-12-17-11(14)18-13(19-12)20-6-4-3-5-7-20/h8-9H,3-7H2,1-2H3,(H2,15,21)(H,16,17,18,19). The van der Waals surface area contributed by atoms with Crippen molar-refractivity contribution in [3.63, 3.8) is 0 Å². The number of carbonyl (C=O) groups is 1. The molecule has 0 bridgehead atoms. The summed E-state index contributed by atoms with van der Waals surface area (Å²) in [7, 11) is 0. The number of nitrogens with two attached hydrogens (primary N) is 1. The fraction of sp³-hybridized carbons (Fsp3) is 0.692. The van der Waals surface area contributed by atoms with E-state index in [1.54, 1.807) is 0 Å². The van der Waals surface area contributed by atoms with Crippen LogP contribution in [0.1, 0.15) is 33.1 Å². The average molecular weight is 313 g/mol.